The van der Waals surface area contributed by atoms with Crippen LogP contribution in [0.2, 0.25) is 0 Å². The molecule has 0 amide bonds. The monoisotopic (exact) mass is 303 g/mol. The number of nitrogens with zero attached hydrogens (tertiary/aromatic N) is 4. The zero-order valence-corrected chi connectivity index (χ0v) is 13.1. The van der Waals surface area contributed by atoms with Gasteiger partial charge in [0.15, 0.2) is 11.5 Å². The Kier molecular flexibility index (Phi) is 3.19. The Morgan fingerprint density at radius 3 is 2.74 bits per heavy atom. The topological polar surface area (TPSA) is 55.1 Å². The number of rotatable bonds is 3. The van der Waals surface area contributed by atoms with E-state index in [2.05, 4.69) is 45.7 Å². The number of nitrogens with one attached hydrogen (secondary N) is 1. The van der Waals surface area contributed by atoms with Gasteiger partial charge >= 0.3 is 0 Å². The highest BCUT2D eigenvalue weighted by Crippen LogP contribution is 2.23. The third kappa shape index (κ3) is 2.40. The number of pyridine rings is 1. The van der Waals surface area contributed by atoms with Crippen molar-refractivity contribution in [2.24, 2.45) is 0 Å². The van der Waals surface area contributed by atoms with Gasteiger partial charge in [0.05, 0.1) is 23.3 Å². The van der Waals surface area contributed by atoms with E-state index in [0.29, 0.717) is 6.54 Å². The lowest BCUT2D eigenvalue weighted by molar-refractivity contribution is 1.03. The first kappa shape index (κ1) is 13.7. The Morgan fingerprint density at radius 1 is 1.04 bits per heavy atom. The molecule has 0 bridgehead atoms. The molecule has 4 rings (SSSR count). The van der Waals surface area contributed by atoms with E-state index >= 15 is 0 Å². The van der Waals surface area contributed by atoms with Crippen molar-refractivity contribution in [1.29, 1.82) is 0 Å². The molecule has 23 heavy (non-hydrogen) atoms. The van der Waals surface area contributed by atoms with Gasteiger partial charge in [0.25, 0.3) is 0 Å². The lowest BCUT2D eigenvalue weighted by atomic mass is 10.1. The summed E-state index contributed by atoms with van der Waals surface area (Å²) in [4.78, 5) is 13.6. The summed E-state index contributed by atoms with van der Waals surface area (Å²) < 4.78 is 2.08. The van der Waals surface area contributed by atoms with Gasteiger partial charge in [-0.3, -0.25) is 9.38 Å². The van der Waals surface area contributed by atoms with E-state index in [0.717, 1.165) is 28.2 Å². The van der Waals surface area contributed by atoms with Crippen LogP contribution in [-0.4, -0.2) is 19.4 Å². The number of imidazole rings is 1. The van der Waals surface area contributed by atoms with E-state index in [4.69, 9.17) is 4.98 Å². The Hall–Kier alpha value is -2.95. The summed E-state index contributed by atoms with van der Waals surface area (Å²) in [6.07, 6.45) is 5.57. The molecule has 0 aliphatic rings. The van der Waals surface area contributed by atoms with Crippen molar-refractivity contribution in [3.05, 3.63) is 65.7 Å². The SMILES string of the molecule is Cc1cc2nc(NCc3ccccn3)c3nccn3c2cc1C. The first-order valence-corrected chi connectivity index (χ1v) is 7.60. The summed E-state index contributed by atoms with van der Waals surface area (Å²) in [6, 6.07) is 10.2. The molecule has 1 aromatic carbocycles. The van der Waals surface area contributed by atoms with Crippen LogP contribution in [0.25, 0.3) is 16.7 Å². The van der Waals surface area contributed by atoms with Gasteiger partial charge < -0.3 is 5.32 Å². The van der Waals surface area contributed by atoms with Gasteiger partial charge in [0.2, 0.25) is 0 Å². The van der Waals surface area contributed by atoms with E-state index in [9.17, 15) is 0 Å². The molecule has 4 aromatic rings. The molecule has 1 N–H and O–H groups in total. The molecular formula is C18H17N5. The molecule has 114 valence electrons. The Morgan fingerprint density at radius 2 is 1.91 bits per heavy atom. The molecule has 0 aliphatic heterocycles. The maximum absolute atomic E-state index is 4.77. The highest BCUT2D eigenvalue weighted by Gasteiger charge is 2.10. The van der Waals surface area contributed by atoms with Crippen LogP contribution in [0.5, 0.6) is 0 Å². The number of benzene rings is 1. The van der Waals surface area contributed by atoms with Gasteiger partial charge in [-0.15, -0.1) is 0 Å². The lowest BCUT2D eigenvalue weighted by Gasteiger charge is -2.11. The summed E-state index contributed by atoms with van der Waals surface area (Å²) in [5.41, 5.74) is 6.32. The smallest absolute Gasteiger partial charge is 0.180 e. The largest absolute Gasteiger partial charge is 0.361 e. The molecule has 5 nitrogen and oxygen atoms in total. The van der Waals surface area contributed by atoms with Crippen LogP contribution < -0.4 is 5.32 Å². The van der Waals surface area contributed by atoms with E-state index in [-0.39, 0.29) is 0 Å². The number of aryl methyl sites for hydroxylation is 2. The molecule has 0 spiro atoms. The fourth-order valence-corrected chi connectivity index (χ4v) is 2.71. The normalized spacial score (nSPS) is 11.2. The minimum Gasteiger partial charge on any atom is -0.361 e. The van der Waals surface area contributed by atoms with E-state index in [1.807, 2.05) is 24.4 Å². The van der Waals surface area contributed by atoms with E-state index < -0.39 is 0 Å². The minimum absolute atomic E-state index is 0.618. The second-order valence-electron chi connectivity index (χ2n) is 5.68. The lowest BCUT2D eigenvalue weighted by Crippen LogP contribution is -2.06. The maximum Gasteiger partial charge on any atom is 0.180 e. The molecule has 0 unspecified atom stereocenters. The standard InChI is InChI=1S/C18H17N5/c1-12-9-15-16(10-13(12)2)23-8-7-20-18(23)17(22-15)21-11-14-5-3-4-6-19-14/h3-10H,11H2,1-2H3,(H,21,22). The molecule has 5 heteroatoms. The molecule has 0 saturated carbocycles. The van der Waals surface area contributed by atoms with Crippen molar-refractivity contribution >= 4 is 22.5 Å². The van der Waals surface area contributed by atoms with Crippen LogP contribution in [0.1, 0.15) is 16.8 Å². The molecule has 0 saturated heterocycles. The second-order valence-corrected chi connectivity index (χ2v) is 5.68. The number of fused-ring (bicyclic) bond motifs is 3. The Balaban J connectivity index is 1.82. The number of hydrogen-bond acceptors (Lipinski definition) is 4. The number of hydrogen-bond donors (Lipinski definition) is 1. The van der Waals surface area contributed by atoms with Gasteiger partial charge in [-0.25, -0.2) is 9.97 Å². The van der Waals surface area contributed by atoms with Gasteiger partial charge in [0.1, 0.15) is 0 Å². The Bertz CT molecular complexity index is 989. The van der Waals surface area contributed by atoms with Gasteiger partial charge in [-0.2, -0.15) is 0 Å². The molecule has 0 fully saturated rings. The van der Waals surface area contributed by atoms with Crippen LogP contribution in [-0.2, 0) is 6.54 Å². The van der Waals surface area contributed by atoms with Crippen molar-refractivity contribution in [1.82, 2.24) is 19.4 Å². The summed E-state index contributed by atoms with van der Waals surface area (Å²) in [6.45, 7) is 4.84. The zero-order chi connectivity index (χ0) is 15.8. The molecule has 3 aromatic heterocycles. The van der Waals surface area contributed by atoms with Crippen molar-refractivity contribution in [3.63, 3.8) is 0 Å². The van der Waals surface area contributed by atoms with E-state index in [1.165, 1.54) is 11.1 Å². The quantitative estimate of drug-likeness (QED) is 0.629. The average Bonchev–Trinajstić information content (AvgIpc) is 3.05. The number of anilines is 1. The van der Waals surface area contributed by atoms with Crippen LogP contribution in [0, 0.1) is 13.8 Å². The first-order valence-electron chi connectivity index (χ1n) is 7.60. The summed E-state index contributed by atoms with van der Waals surface area (Å²) in [5, 5.41) is 3.36. The van der Waals surface area contributed by atoms with Crippen LogP contribution >= 0.6 is 0 Å². The average molecular weight is 303 g/mol. The zero-order valence-electron chi connectivity index (χ0n) is 13.1. The van der Waals surface area contributed by atoms with Gasteiger partial charge in [-0.1, -0.05) is 6.07 Å². The van der Waals surface area contributed by atoms with Crippen molar-refractivity contribution in [2.75, 3.05) is 5.32 Å². The fourth-order valence-electron chi connectivity index (χ4n) is 2.71. The molecule has 3 heterocycles. The summed E-state index contributed by atoms with van der Waals surface area (Å²) in [5.74, 6) is 0.774. The van der Waals surface area contributed by atoms with Crippen LogP contribution in [0.3, 0.4) is 0 Å². The third-order valence-electron chi connectivity index (χ3n) is 4.10. The summed E-state index contributed by atoms with van der Waals surface area (Å²) in [7, 11) is 0. The maximum atomic E-state index is 4.77. The van der Waals surface area contributed by atoms with Gasteiger partial charge in [0, 0.05) is 18.6 Å². The minimum atomic E-state index is 0.618. The predicted molar refractivity (Wildman–Crippen MR) is 91.5 cm³/mol. The second kappa shape index (κ2) is 5.35. The van der Waals surface area contributed by atoms with E-state index in [1.54, 1.807) is 12.4 Å². The fraction of sp³-hybridized carbons (Fsp3) is 0.167. The highest BCUT2D eigenvalue weighted by atomic mass is 15.1. The van der Waals surface area contributed by atoms with Gasteiger partial charge in [-0.05, 0) is 49.2 Å². The first-order chi connectivity index (χ1) is 11.2. The highest BCUT2D eigenvalue weighted by molar-refractivity contribution is 5.84. The third-order valence-corrected chi connectivity index (χ3v) is 4.10. The van der Waals surface area contributed by atoms with Crippen molar-refractivity contribution < 1.29 is 0 Å². The predicted octanol–water partition coefficient (Wildman–Crippen LogP) is 3.51. The van der Waals surface area contributed by atoms with Crippen LogP contribution in [0.15, 0.2) is 48.9 Å². The number of aromatic nitrogens is 4. The molecule has 0 radical (unpaired) electrons. The Labute approximate surface area is 134 Å². The van der Waals surface area contributed by atoms with Crippen molar-refractivity contribution in [3.8, 4) is 0 Å². The van der Waals surface area contributed by atoms with Crippen LogP contribution in [0.4, 0.5) is 5.82 Å². The molecular weight excluding hydrogens is 286 g/mol. The molecule has 0 atom stereocenters. The summed E-state index contributed by atoms with van der Waals surface area (Å²) >= 11 is 0. The molecule has 0 aliphatic carbocycles. The van der Waals surface area contributed by atoms with Crippen molar-refractivity contribution in [2.45, 2.75) is 20.4 Å².